The van der Waals surface area contributed by atoms with Crippen LogP contribution in [0, 0.1) is 10.1 Å². The van der Waals surface area contributed by atoms with Crippen LogP contribution in [0.15, 0.2) is 24.3 Å². The molecular formula is C13H18N2O6. The van der Waals surface area contributed by atoms with Gasteiger partial charge < -0.3 is 14.6 Å². The molecule has 8 nitrogen and oxygen atoms in total. The van der Waals surface area contributed by atoms with Gasteiger partial charge in [0.05, 0.1) is 18.1 Å². The number of nitrogens with zero attached hydrogens (tertiary/aromatic N) is 2. The number of non-ortho nitro benzene ring substituents is 1. The van der Waals surface area contributed by atoms with Crippen LogP contribution in [0.4, 0.5) is 5.69 Å². The van der Waals surface area contributed by atoms with E-state index in [-0.39, 0.29) is 12.2 Å². The second-order valence-electron chi connectivity index (χ2n) is 4.16. The summed E-state index contributed by atoms with van der Waals surface area (Å²) in [5, 5.41) is 17.4. The van der Waals surface area contributed by atoms with Gasteiger partial charge in [-0.25, -0.2) is 0 Å². The van der Waals surface area contributed by atoms with Gasteiger partial charge in [-0.15, -0.1) is 0 Å². The van der Waals surface area contributed by atoms with Gasteiger partial charge in [0.25, 0.3) is 12.2 Å². The molecule has 8 heteroatoms. The zero-order chi connectivity index (χ0) is 15.5. The Balaban J connectivity index is 0.000000677. The van der Waals surface area contributed by atoms with Crippen molar-refractivity contribution in [2.24, 2.45) is 0 Å². The summed E-state index contributed by atoms with van der Waals surface area (Å²) in [7, 11) is 0. The average Bonchev–Trinajstić information content (AvgIpc) is 2.50. The highest BCUT2D eigenvalue weighted by atomic mass is 16.6. The summed E-state index contributed by atoms with van der Waals surface area (Å²) in [6.45, 7) is 4.60. The van der Waals surface area contributed by atoms with Crippen molar-refractivity contribution >= 4 is 12.2 Å². The van der Waals surface area contributed by atoms with Crippen molar-refractivity contribution in [3.63, 3.8) is 0 Å². The summed E-state index contributed by atoms with van der Waals surface area (Å²) in [5.74, 6) is 0.661. The molecule has 0 aliphatic carbocycles. The largest absolute Gasteiger partial charge is 0.492 e. The highest BCUT2D eigenvalue weighted by Gasteiger charge is 2.10. The van der Waals surface area contributed by atoms with Crippen LogP contribution in [0.1, 0.15) is 0 Å². The van der Waals surface area contributed by atoms with Gasteiger partial charge in [-0.3, -0.25) is 19.8 Å². The Hall–Kier alpha value is -2.19. The van der Waals surface area contributed by atoms with E-state index >= 15 is 0 Å². The molecule has 0 atom stereocenters. The zero-order valence-electron chi connectivity index (χ0n) is 11.5. The molecule has 1 N–H and O–H groups in total. The molecule has 0 spiro atoms. The van der Waals surface area contributed by atoms with E-state index in [1.54, 1.807) is 12.1 Å². The molecule has 0 saturated carbocycles. The lowest BCUT2D eigenvalue weighted by Gasteiger charge is -2.26. The SMILES string of the molecule is O=CO.O=[N+]([O-])c1ccc(OCCN2CCOCC2)cc1. The molecule has 1 aromatic carbocycles. The molecule has 1 heterocycles. The maximum absolute atomic E-state index is 10.5. The highest BCUT2D eigenvalue weighted by molar-refractivity contribution is 5.35. The fraction of sp³-hybridized carbons (Fsp3) is 0.462. The molecule has 0 radical (unpaired) electrons. The average molecular weight is 298 g/mol. The Morgan fingerprint density at radius 3 is 2.43 bits per heavy atom. The molecule has 0 unspecified atom stereocenters. The fourth-order valence-electron chi connectivity index (χ4n) is 1.78. The number of nitro benzene ring substituents is 1. The van der Waals surface area contributed by atoms with Gasteiger partial charge in [0, 0.05) is 31.8 Å². The third kappa shape index (κ3) is 6.68. The van der Waals surface area contributed by atoms with E-state index in [1.165, 1.54) is 12.1 Å². The summed E-state index contributed by atoms with van der Waals surface area (Å²) < 4.78 is 10.8. The number of morpholine rings is 1. The normalized spacial score (nSPS) is 14.7. The molecule has 2 rings (SSSR count). The molecule has 1 fully saturated rings. The van der Waals surface area contributed by atoms with E-state index in [9.17, 15) is 10.1 Å². The summed E-state index contributed by atoms with van der Waals surface area (Å²) >= 11 is 0. The van der Waals surface area contributed by atoms with Crippen LogP contribution < -0.4 is 4.74 Å². The summed E-state index contributed by atoms with van der Waals surface area (Å²) in [4.78, 5) is 20.7. The smallest absolute Gasteiger partial charge is 0.290 e. The van der Waals surface area contributed by atoms with Gasteiger partial charge in [0.2, 0.25) is 0 Å². The van der Waals surface area contributed by atoms with E-state index in [2.05, 4.69) is 4.90 Å². The standard InChI is InChI=1S/C12H16N2O4.CH2O2/c15-14(16)11-1-3-12(4-2-11)18-10-7-13-5-8-17-9-6-13;2-1-3/h1-4H,5-10H2;1H,(H,2,3). The molecule has 0 amide bonds. The van der Waals surface area contributed by atoms with E-state index in [0.29, 0.717) is 12.4 Å². The number of hydrogen-bond acceptors (Lipinski definition) is 6. The van der Waals surface area contributed by atoms with Crippen LogP contribution >= 0.6 is 0 Å². The van der Waals surface area contributed by atoms with Gasteiger partial charge in [0.15, 0.2) is 0 Å². The maximum atomic E-state index is 10.5. The number of hydrogen-bond donors (Lipinski definition) is 1. The predicted molar refractivity (Wildman–Crippen MR) is 74.5 cm³/mol. The van der Waals surface area contributed by atoms with Gasteiger partial charge in [-0.2, -0.15) is 0 Å². The summed E-state index contributed by atoms with van der Waals surface area (Å²) in [5.41, 5.74) is 0.0792. The number of rotatable bonds is 5. The molecule has 0 bridgehead atoms. The number of nitro groups is 1. The number of carboxylic acid groups (broad SMARTS) is 1. The Morgan fingerprint density at radius 1 is 1.33 bits per heavy atom. The Kier molecular flexibility index (Phi) is 7.77. The minimum Gasteiger partial charge on any atom is -0.492 e. The van der Waals surface area contributed by atoms with E-state index < -0.39 is 4.92 Å². The third-order valence-electron chi connectivity index (χ3n) is 2.83. The molecular weight excluding hydrogens is 280 g/mol. The third-order valence-corrected chi connectivity index (χ3v) is 2.83. The quantitative estimate of drug-likeness (QED) is 0.491. The van der Waals surface area contributed by atoms with Crippen molar-refractivity contribution in [2.45, 2.75) is 0 Å². The monoisotopic (exact) mass is 298 g/mol. The van der Waals surface area contributed by atoms with Crippen LogP contribution in [0.2, 0.25) is 0 Å². The van der Waals surface area contributed by atoms with Crippen LogP contribution in [0.5, 0.6) is 5.75 Å². The van der Waals surface area contributed by atoms with Gasteiger partial charge in [-0.05, 0) is 12.1 Å². The maximum Gasteiger partial charge on any atom is 0.290 e. The van der Waals surface area contributed by atoms with Gasteiger partial charge in [0.1, 0.15) is 12.4 Å². The van der Waals surface area contributed by atoms with Crippen molar-refractivity contribution in [3.8, 4) is 5.75 Å². The topological polar surface area (TPSA) is 102 Å². The Bertz CT molecular complexity index is 431. The molecule has 0 aromatic heterocycles. The molecule has 21 heavy (non-hydrogen) atoms. The minimum atomic E-state index is -0.419. The lowest BCUT2D eigenvalue weighted by molar-refractivity contribution is -0.384. The first-order chi connectivity index (χ1) is 10.2. The van der Waals surface area contributed by atoms with Crippen LogP contribution in [0.25, 0.3) is 0 Å². The van der Waals surface area contributed by atoms with E-state index in [0.717, 1.165) is 32.8 Å². The molecule has 1 aliphatic heterocycles. The fourth-order valence-corrected chi connectivity index (χ4v) is 1.78. The van der Waals surface area contributed by atoms with E-state index in [4.69, 9.17) is 19.4 Å². The number of ether oxygens (including phenoxy) is 2. The minimum absolute atomic E-state index is 0.0792. The number of carbonyl (C=O) groups is 1. The first-order valence-electron chi connectivity index (χ1n) is 6.42. The van der Waals surface area contributed by atoms with Crippen LogP contribution in [-0.2, 0) is 9.53 Å². The zero-order valence-corrected chi connectivity index (χ0v) is 11.5. The first kappa shape index (κ1) is 16.9. The molecule has 1 aliphatic rings. The van der Waals surface area contributed by atoms with Gasteiger partial charge >= 0.3 is 0 Å². The van der Waals surface area contributed by atoms with Crippen LogP contribution in [-0.4, -0.2) is 60.9 Å². The van der Waals surface area contributed by atoms with Crippen molar-refractivity contribution in [1.82, 2.24) is 4.90 Å². The lowest BCUT2D eigenvalue weighted by atomic mass is 10.3. The number of benzene rings is 1. The van der Waals surface area contributed by atoms with Crippen molar-refractivity contribution in [3.05, 3.63) is 34.4 Å². The van der Waals surface area contributed by atoms with Crippen LogP contribution in [0.3, 0.4) is 0 Å². The first-order valence-corrected chi connectivity index (χ1v) is 6.42. The molecule has 1 aromatic rings. The predicted octanol–water partition coefficient (Wildman–Crippen LogP) is 1.01. The summed E-state index contributed by atoms with van der Waals surface area (Å²) in [6.07, 6.45) is 0. The molecule has 1 saturated heterocycles. The van der Waals surface area contributed by atoms with Crippen molar-refractivity contribution in [1.29, 1.82) is 0 Å². The van der Waals surface area contributed by atoms with Crippen molar-refractivity contribution in [2.75, 3.05) is 39.5 Å². The summed E-state index contributed by atoms with van der Waals surface area (Å²) in [6, 6.07) is 6.14. The molecule has 116 valence electrons. The second kappa shape index (κ2) is 9.67. The van der Waals surface area contributed by atoms with Gasteiger partial charge in [-0.1, -0.05) is 0 Å². The Labute approximate surface area is 122 Å². The van der Waals surface area contributed by atoms with E-state index in [1.807, 2.05) is 0 Å². The second-order valence-corrected chi connectivity index (χ2v) is 4.16. The highest BCUT2D eigenvalue weighted by Crippen LogP contribution is 2.17. The van der Waals surface area contributed by atoms with Crippen molar-refractivity contribution < 1.29 is 24.3 Å². The Morgan fingerprint density at radius 2 is 1.90 bits per heavy atom. The lowest BCUT2D eigenvalue weighted by Crippen LogP contribution is -2.38.